The predicted molar refractivity (Wildman–Crippen MR) is 79.6 cm³/mol. The molecule has 0 spiro atoms. The third-order valence-electron chi connectivity index (χ3n) is 3.39. The monoisotopic (exact) mass is 276 g/mol. The first-order valence-corrected chi connectivity index (χ1v) is 6.65. The fraction of sp³-hybridized carbons (Fsp3) is 0.0625. The molecule has 4 aromatic rings. The van der Waals surface area contributed by atoms with Crippen LogP contribution in [0.2, 0.25) is 0 Å². The smallest absolute Gasteiger partial charge is 0.203 e. The van der Waals surface area contributed by atoms with Gasteiger partial charge in [-0.15, -0.1) is 0 Å². The molecule has 2 aromatic heterocycles. The number of fused-ring (bicyclic) bond motifs is 1. The predicted octanol–water partition coefficient (Wildman–Crippen LogP) is 3.59. The van der Waals surface area contributed by atoms with Crippen LogP contribution in [0.3, 0.4) is 0 Å². The molecule has 0 bridgehead atoms. The Hall–Kier alpha value is -2.95. The van der Waals surface area contributed by atoms with E-state index in [0.29, 0.717) is 17.3 Å². The molecule has 0 fully saturated rings. The summed E-state index contributed by atoms with van der Waals surface area (Å²) in [6, 6.07) is 16.2. The number of nitrogens with zero attached hydrogens (tertiary/aromatic N) is 3. The van der Waals surface area contributed by atoms with Crippen LogP contribution in [-0.2, 0) is 0 Å². The zero-order valence-corrected chi connectivity index (χ0v) is 11.4. The number of aromatic nitrogens is 4. The molecule has 0 saturated carbocycles. The highest BCUT2D eigenvalue weighted by atomic mass is 16.5. The van der Waals surface area contributed by atoms with Gasteiger partial charge in [-0.25, -0.2) is 4.98 Å². The molecular formula is C16H12N4O. The Balaban J connectivity index is 1.85. The fourth-order valence-corrected chi connectivity index (χ4v) is 2.41. The van der Waals surface area contributed by atoms with Crippen LogP contribution in [0.15, 0.2) is 53.1 Å². The van der Waals surface area contributed by atoms with E-state index in [4.69, 9.17) is 4.52 Å². The van der Waals surface area contributed by atoms with Crippen molar-refractivity contribution in [1.29, 1.82) is 0 Å². The standard InChI is InChI=1S/C16H12N4O/c1-10-17-16(19-18-10)14-9-15(21-20-14)13-8-4-6-11-5-2-3-7-12(11)13/h2-9H,1H3,(H,17,18,19). The molecule has 0 amide bonds. The van der Waals surface area contributed by atoms with Crippen LogP contribution >= 0.6 is 0 Å². The van der Waals surface area contributed by atoms with Crippen LogP contribution in [0.1, 0.15) is 5.82 Å². The summed E-state index contributed by atoms with van der Waals surface area (Å²) in [6.07, 6.45) is 0. The second-order valence-corrected chi connectivity index (χ2v) is 4.85. The minimum Gasteiger partial charge on any atom is -0.356 e. The van der Waals surface area contributed by atoms with Gasteiger partial charge in [0.05, 0.1) is 0 Å². The molecule has 5 nitrogen and oxygen atoms in total. The van der Waals surface area contributed by atoms with Crippen LogP contribution in [0.4, 0.5) is 0 Å². The van der Waals surface area contributed by atoms with E-state index in [0.717, 1.165) is 16.8 Å². The van der Waals surface area contributed by atoms with Crippen molar-refractivity contribution >= 4 is 10.8 Å². The minimum atomic E-state index is 0.544. The van der Waals surface area contributed by atoms with Gasteiger partial charge in [0.2, 0.25) is 5.82 Å². The van der Waals surface area contributed by atoms with E-state index < -0.39 is 0 Å². The van der Waals surface area contributed by atoms with Crippen molar-refractivity contribution in [3.63, 3.8) is 0 Å². The SMILES string of the molecule is Cc1nc(-c2cc(-c3cccc4ccccc34)on2)n[nH]1. The summed E-state index contributed by atoms with van der Waals surface area (Å²) in [5.41, 5.74) is 1.64. The van der Waals surface area contributed by atoms with Crippen molar-refractivity contribution in [2.75, 3.05) is 0 Å². The van der Waals surface area contributed by atoms with Gasteiger partial charge in [-0.1, -0.05) is 47.6 Å². The van der Waals surface area contributed by atoms with Gasteiger partial charge in [0.1, 0.15) is 5.82 Å². The lowest BCUT2D eigenvalue weighted by Crippen LogP contribution is -1.79. The van der Waals surface area contributed by atoms with Crippen LogP contribution in [0.25, 0.3) is 33.6 Å². The Labute approximate surface area is 120 Å². The normalized spacial score (nSPS) is 11.1. The lowest BCUT2D eigenvalue weighted by molar-refractivity contribution is 0.435. The second kappa shape index (κ2) is 4.56. The number of aryl methyl sites for hydroxylation is 1. The summed E-state index contributed by atoms with van der Waals surface area (Å²) in [6.45, 7) is 1.85. The highest BCUT2D eigenvalue weighted by Crippen LogP contribution is 2.30. The zero-order valence-electron chi connectivity index (χ0n) is 11.4. The van der Waals surface area contributed by atoms with Gasteiger partial charge in [0.25, 0.3) is 0 Å². The molecule has 0 aliphatic heterocycles. The average Bonchev–Trinajstić information content (AvgIpc) is 3.15. The van der Waals surface area contributed by atoms with Gasteiger partial charge in [-0.2, -0.15) is 5.10 Å². The molecule has 5 heteroatoms. The van der Waals surface area contributed by atoms with Gasteiger partial charge in [-0.05, 0) is 17.7 Å². The van der Waals surface area contributed by atoms with Crippen LogP contribution < -0.4 is 0 Å². The number of benzene rings is 2. The maximum Gasteiger partial charge on any atom is 0.203 e. The van der Waals surface area contributed by atoms with E-state index in [9.17, 15) is 0 Å². The molecule has 0 saturated heterocycles. The van der Waals surface area contributed by atoms with Crippen LogP contribution in [-0.4, -0.2) is 20.3 Å². The van der Waals surface area contributed by atoms with E-state index in [-0.39, 0.29) is 0 Å². The molecule has 4 rings (SSSR count). The molecular weight excluding hydrogens is 264 g/mol. The molecule has 0 aliphatic carbocycles. The molecule has 0 atom stereocenters. The number of H-pyrrole nitrogens is 1. The van der Waals surface area contributed by atoms with Gasteiger partial charge in [-0.3, -0.25) is 5.10 Å². The summed E-state index contributed by atoms with van der Waals surface area (Å²) in [5.74, 6) is 2.01. The van der Waals surface area contributed by atoms with Crippen molar-refractivity contribution in [3.05, 3.63) is 54.4 Å². The fourth-order valence-electron chi connectivity index (χ4n) is 2.41. The van der Waals surface area contributed by atoms with E-state index in [1.165, 1.54) is 5.39 Å². The molecule has 102 valence electrons. The third-order valence-corrected chi connectivity index (χ3v) is 3.39. The lowest BCUT2D eigenvalue weighted by Gasteiger charge is -2.02. The molecule has 2 heterocycles. The van der Waals surface area contributed by atoms with E-state index in [2.05, 4.69) is 38.5 Å². The van der Waals surface area contributed by atoms with Crippen LogP contribution in [0.5, 0.6) is 0 Å². The number of hydrogen-bond donors (Lipinski definition) is 1. The molecule has 2 aromatic carbocycles. The molecule has 1 N–H and O–H groups in total. The Bertz CT molecular complexity index is 917. The first kappa shape index (κ1) is 11.8. The molecule has 0 unspecified atom stereocenters. The van der Waals surface area contributed by atoms with Gasteiger partial charge >= 0.3 is 0 Å². The summed E-state index contributed by atoms with van der Waals surface area (Å²) in [7, 11) is 0. The maximum atomic E-state index is 5.48. The number of nitrogens with one attached hydrogen (secondary N) is 1. The summed E-state index contributed by atoms with van der Waals surface area (Å²) in [4.78, 5) is 4.26. The van der Waals surface area contributed by atoms with Crippen molar-refractivity contribution < 1.29 is 4.52 Å². The van der Waals surface area contributed by atoms with Crippen molar-refractivity contribution in [2.24, 2.45) is 0 Å². The second-order valence-electron chi connectivity index (χ2n) is 4.85. The third kappa shape index (κ3) is 1.99. The first-order valence-electron chi connectivity index (χ1n) is 6.65. The Morgan fingerprint density at radius 3 is 2.76 bits per heavy atom. The maximum absolute atomic E-state index is 5.48. The number of aromatic amines is 1. The van der Waals surface area contributed by atoms with E-state index in [1.807, 2.05) is 37.3 Å². The van der Waals surface area contributed by atoms with E-state index in [1.54, 1.807) is 0 Å². The number of rotatable bonds is 2. The van der Waals surface area contributed by atoms with Crippen molar-refractivity contribution in [3.8, 4) is 22.8 Å². The van der Waals surface area contributed by atoms with Crippen molar-refractivity contribution in [2.45, 2.75) is 6.92 Å². The van der Waals surface area contributed by atoms with Gasteiger partial charge in [0.15, 0.2) is 11.5 Å². The quantitative estimate of drug-likeness (QED) is 0.607. The first-order chi connectivity index (χ1) is 10.3. The van der Waals surface area contributed by atoms with Gasteiger partial charge in [0, 0.05) is 11.6 Å². The summed E-state index contributed by atoms with van der Waals surface area (Å²) >= 11 is 0. The summed E-state index contributed by atoms with van der Waals surface area (Å²) in [5, 5.41) is 13.3. The zero-order chi connectivity index (χ0) is 14.2. The Kier molecular flexibility index (Phi) is 2.57. The van der Waals surface area contributed by atoms with Gasteiger partial charge < -0.3 is 4.52 Å². The van der Waals surface area contributed by atoms with Crippen LogP contribution in [0, 0.1) is 6.92 Å². The minimum absolute atomic E-state index is 0.544. The lowest BCUT2D eigenvalue weighted by atomic mass is 10.0. The average molecular weight is 276 g/mol. The van der Waals surface area contributed by atoms with Crippen molar-refractivity contribution in [1.82, 2.24) is 20.3 Å². The summed E-state index contributed by atoms with van der Waals surface area (Å²) < 4.78 is 5.48. The van der Waals surface area contributed by atoms with E-state index >= 15 is 0 Å². The Morgan fingerprint density at radius 1 is 1.05 bits per heavy atom. The number of hydrogen-bond acceptors (Lipinski definition) is 4. The molecule has 0 aliphatic rings. The highest BCUT2D eigenvalue weighted by Gasteiger charge is 2.13. The molecule has 21 heavy (non-hydrogen) atoms. The Morgan fingerprint density at radius 2 is 1.90 bits per heavy atom. The largest absolute Gasteiger partial charge is 0.356 e. The topological polar surface area (TPSA) is 67.6 Å². The molecule has 0 radical (unpaired) electrons. The highest BCUT2D eigenvalue weighted by molar-refractivity contribution is 5.95.